The summed E-state index contributed by atoms with van der Waals surface area (Å²) >= 11 is 1.41. The fourth-order valence-electron chi connectivity index (χ4n) is 1.30. The molecule has 0 aliphatic heterocycles. The van der Waals surface area contributed by atoms with Gasteiger partial charge in [0.05, 0.1) is 5.69 Å². The molecule has 0 unspecified atom stereocenters. The molecule has 88 valence electrons. The molecule has 0 bridgehead atoms. The maximum atomic E-state index is 13.0. The summed E-state index contributed by atoms with van der Waals surface area (Å²) in [5.74, 6) is -1.72. The molecule has 0 radical (unpaired) electrons. The number of nitrogens with one attached hydrogen (secondary N) is 1. The second-order valence-corrected chi connectivity index (χ2v) is 4.19. The van der Waals surface area contributed by atoms with Crippen LogP contribution >= 0.6 is 11.3 Å². The van der Waals surface area contributed by atoms with E-state index >= 15 is 0 Å². The third-order valence-electron chi connectivity index (χ3n) is 2.12. The summed E-state index contributed by atoms with van der Waals surface area (Å²) in [4.78, 5) is 4.26. The van der Waals surface area contributed by atoms with Crippen LogP contribution in [0.15, 0.2) is 36.2 Å². The topological polar surface area (TPSA) is 24.9 Å². The predicted octanol–water partition coefficient (Wildman–Crippen LogP) is 3.69. The van der Waals surface area contributed by atoms with Crippen molar-refractivity contribution in [3.63, 3.8) is 0 Å². The van der Waals surface area contributed by atoms with Crippen LogP contribution in [0, 0.1) is 11.6 Å². The van der Waals surface area contributed by atoms with Gasteiger partial charge in [0, 0.05) is 17.5 Å². The smallest absolute Gasteiger partial charge is 0.183 e. The number of aromatic nitrogens is 1. The number of halogens is 2. The van der Waals surface area contributed by atoms with Crippen molar-refractivity contribution in [1.82, 2.24) is 4.98 Å². The Morgan fingerprint density at radius 1 is 1.35 bits per heavy atom. The van der Waals surface area contributed by atoms with E-state index < -0.39 is 11.6 Å². The highest BCUT2D eigenvalue weighted by Gasteiger charge is 2.07. The lowest BCUT2D eigenvalue weighted by Gasteiger charge is -1.98. The summed E-state index contributed by atoms with van der Waals surface area (Å²) in [6.45, 7) is 4.20. The molecule has 5 heteroatoms. The van der Waals surface area contributed by atoms with Crippen LogP contribution in [0.5, 0.6) is 0 Å². The summed E-state index contributed by atoms with van der Waals surface area (Å²) in [6, 6.07) is 3.74. The SMILES string of the molecule is C=CCNc1nc(-c2ccc(F)c(F)c2)cs1. The lowest BCUT2D eigenvalue weighted by Crippen LogP contribution is -1.96. The third-order valence-corrected chi connectivity index (χ3v) is 2.92. The fraction of sp³-hybridized carbons (Fsp3) is 0.0833. The van der Waals surface area contributed by atoms with Crippen molar-refractivity contribution < 1.29 is 8.78 Å². The zero-order valence-electron chi connectivity index (χ0n) is 8.91. The summed E-state index contributed by atoms with van der Waals surface area (Å²) in [6.07, 6.45) is 1.72. The lowest BCUT2D eigenvalue weighted by atomic mass is 10.2. The predicted molar refractivity (Wildman–Crippen MR) is 66.2 cm³/mol. The Labute approximate surface area is 102 Å². The van der Waals surface area contributed by atoms with Gasteiger partial charge in [-0.25, -0.2) is 13.8 Å². The van der Waals surface area contributed by atoms with E-state index in [0.29, 0.717) is 17.8 Å². The third kappa shape index (κ3) is 2.68. The molecule has 0 saturated heterocycles. The monoisotopic (exact) mass is 252 g/mol. The molecule has 1 heterocycles. The molecule has 1 aromatic carbocycles. The minimum absolute atomic E-state index is 0.562. The first-order valence-electron chi connectivity index (χ1n) is 4.96. The van der Waals surface area contributed by atoms with Gasteiger partial charge < -0.3 is 5.32 Å². The molecule has 1 N–H and O–H groups in total. The summed E-state index contributed by atoms with van der Waals surface area (Å²) in [5, 5.41) is 5.55. The average Bonchev–Trinajstić information content (AvgIpc) is 2.79. The summed E-state index contributed by atoms with van der Waals surface area (Å²) < 4.78 is 25.8. The van der Waals surface area contributed by atoms with Crippen molar-refractivity contribution in [2.75, 3.05) is 11.9 Å². The van der Waals surface area contributed by atoms with Crippen LogP contribution in [-0.2, 0) is 0 Å². The fourth-order valence-corrected chi connectivity index (χ4v) is 2.03. The Kier molecular flexibility index (Phi) is 3.49. The van der Waals surface area contributed by atoms with Crippen LogP contribution in [0.2, 0.25) is 0 Å². The minimum Gasteiger partial charge on any atom is -0.358 e. The van der Waals surface area contributed by atoms with E-state index in [1.165, 1.54) is 17.4 Å². The van der Waals surface area contributed by atoms with Crippen LogP contribution in [0.1, 0.15) is 0 Å². The van der Waals surface area contributed by atoms with Gasteiger partial charge in [-0.3, -0.25) is 0 Å². The van der Waals surface area contributed by atoms with Gasteiger partial charge in [-0.05, 0) is 18.2 Å². The molecule has 0 aliphatic rings. The average molecular weight is 252 g/mol. The Morgan fingerprint density at radius 3 is 2.88 bits per heavy atom. The van der Waals surface area contributed by atoms with Crippen molar-refractivity contribution in [1.29, 1.82) is 0 Å². The van der Waals surface area contributed by atoms with Crippen LogP contribution in [-0.4, -0.2) is 11.5 Å². The van der Waals surface area contributed by atoms with E-state index in [2.05, 4.69) is 16.9 Å². The molecule has 2 rings (SSSR count). The van der Waals surface area contributed by atoms with Gasteiger partial charge in [-0.1, -0.05) is 6.08 Å². The normalized spacial score (nSPS) is 10.2. The molecule has 0 spiro atoms. The van der Waals surface area contributed by atoms with Crippen LogP contribution in [0.3, 0.4) is 0 Å². The zero-order valence-corrected chi connectivity index (χ0v) is 9.73. The number of thiazole rings is 1. The van der Waals surface area contributed by atoms with Gasteiger partial charge in [0.15, 0.2) is 16.8 Å². The summed E-state index contributed by atoms with van der Waals surface area (Å²) in [5.41, 5.74) is 1.19. The van der Waals surface area contributed by atoms with E-state index in [1.54, 1.807) is 11.5 Å². The van der Waals surface area contributed by atoms with Crippen molar-refractivity contribution in [3.05, 3.63) is 47.9 Å². The zero-order chi connectivity index (χ0) is 12.3. The van der Waals surface area contributed by atoms with E-state index in [-0.39, 0.29) is 0 Å². The molecular weight excluding hydrogens is 242 g/mol. The molecule has 17 heavy (non-hydrogen) atoms. The van der Waals surface area contributed by atoms with Crippen molar-refractivity contribution in [2.24, 2.45) is 0 Å². The van der Waals surface area contributed by atoms with E-state index in [1.807, 2.05) is 0 Å². The van der Waals surface area contributed by atoms with Gasteiger partial charge >= 0.3 is 0 Å². The van der Waals surface area contributed by atoms with Crippen molar-refractivity contribution in [3.8, 4) is 11.3 Å². The standard InChI is InChI=1S/C12H10F2N2S/c1-2-5-15-12-16-11(7-17-12)8-3-4-9(13)10(14)6-8/h2-4,6-7H,1,5H2,(H,15,16). The lowest BCUT2D eigenvalue weighted by molar-refractivity contribution is 0.509. The first-order chi connectivity index (χ1) is 8.20. The number of hydrogen-bond donors (Lipinski definition) is 1. The van der Waals surface area contributed by atoms with E-state index in [9.17, 15) is 8.78 Å². The molecule has 0 aliphatic carbocycles. The first kappa shape index (κ1) is 11.7. The van der Waals surface area contributed by atoms with Gasteiger partial charge in [0.2, 0.25) is 0 Å². The Balaban J connectivity index is 2.24. The largest absolute Gasteiger partial charge is 0.358 e. The quantitative estimate of drug-likeness (QED) is 0.839. The van der Waals surface area contributed by atoms with Crippen LogP contribution in [0.4, 0.5) is 13.9 Å². The molecule has 0 amide bonds. The molecule has 0 saturated carbocycles. The number of anilines is 1. The highest BCUT2D eigenvalue weighted by molar-refractivity contribution is 7.14. The van der Waals surface area contributed by atoms with Crippen molar-refractivity contribution in [2.45, 2.75) is 0 Å². The van der Waals surface area contributed by atoms with Gasteiger partial charge in [-0.2, -0.15) is 0 Å². The maximum Gasteiger partial charge on any atom is 0.183 e. The number of hydrogen-bond acceptors (Lipinski definition) is 3. The minimum atomic E-state index is -0.865. The molecular formula is C12H10F2N2S. The van der Waals surface area contributed by atoms with E-state index in [4.69, 9.17) is 0 Å². The molecule has 0 atom stereocenters. The number of rotatable bonds is 4. The molecule has 2 aromatic rings. The molecule has 0 fully saturated rings. The Morgan fingerprint density at radius 2 is 2.18 bits per heavy atom. The highest BCUT2D eigenvalue weighted by atomic mass is 32.1. The van der Waals surface area contributed by atoms with Crippen molar-refractivity contribution >= 4 is 16.5 Å². The van der Waals surface area contributed by atoms with Gasteiger partial charge in [0.1, 0.15) is 0 Å². The molecule has 1 aromatic heterocycles. The van der Waals surface area contributed by atoms with Crippen LogP contribution in [0.25, 0.3) is 11.3 Å². The highest BCUT2D eigenvalue weighted by Crippen LogP contribution is 2.25. The summed E-state index contributed by atoms with van der Waals surface area (Å²) in [7, 11) is 0. The number of nitrogens with zero attached hydrogens (tertiary/aromatic N) is 1. The first-order valence-corrected chi connectivity index (χ1v) is 5.84. The second-order valence-electron chi connectivity index (χ2n) is 3.34. The Bertz CT molecular complexity index is 537. The van der Waals surface area contributed by atoms with Gasteiger partial charge in [-0.15, -0.1) is 17.9 Å². The Hall–Kier alpha value is -1.75. The molecule has 2 nitrogen and oxygen atoms in total. The van der Waals surface area contributed by atoms with Crippen LogP contribution < -0.4 is 5.32 Å². The van der Waals surface area contributed by atoms with Gasteiger partial charge in [0.25, 0.3) is 0 Å². The second kappa shape index (κ2) is 5.05. The maximum absolute atomic E-state index is 13.0. The van der Waals surface area contributed by atoms with E-state index in [0.717, 1.165) is 17.3 Å². The number of benzene rings is 1.